The molecule has 0 saturated carbocycles. The standard InChI is InChI=1S/ClHO.Co.O/c1-2;;/h2H;;. The van der Waals surface area contributed by atoms with Crippen LogP contribution in [0.2, 0.25) is 0 Å². The molecule has 0 unspecified atom stereocenters. The number of rotatable bonds is 0. The Morgan fingerprint density at radius 1 is 1.50 bits per heavy atom. The Hall–Kier alpha value is 0.556. The number of halogens is 1. The molecule has 1 N–H and O–H groups in total. The molecule has 2 nitrogen and oxygen atoms in total. The van der Waals surface area contributed by atoms with Gasteiger partial charge < -0.3 is 0 Å². The van der Waals surface area contributed by atoms with Crippen molar-refractivity contribution in [1.82, 2.24) is 0 Å². The molecular weight excluding hydrogens is 126 g/mol. The topological polar surface area (TPSA) is 37.3 Å². The van der Waals surface area contributed by atoms with Crippen molar-refractivity contribution in [1.29, 1.82) is 0 Å². The zero-order valence-corrected chi connectivity index (χ0v) is 3.36. The van der Waals surface area contributed by atoms with Gasteiger partial charge in [-0.3, -0.25) is 4.66 Å². The summed E-state index contributed by atoms with van der Waals surface area (Å²) < 4.78 is 14.4. The summed E-state index contributed by atoms with van der Waals surface area (Å²) in [5.41, 5.74) is 0. The van der Waals surface area contributed by atoms with Crippen molar-refractivity contribution in [3.8, 4) is 0 Å². The number of hydrogen-bond donors (Lipinski definition) is 1. The molecule has 0 aliphatic carbocycles. The summed E-state index contributed by atoms with van der Waals surface area (Å²) in [4.78, 5) is 0. The molecule has 0 aromatic rings. The first-order valence-corrected chi connectivity index (χ1v) is 1.07. The monoisotopic (exact) mass is 127 g/mol. The summed E-state index contributed by atoms with van der Waals surface area (Å²) in [6.45, 7) is 0. The summed E-state index contributed by atoms with van der Waals surface area (Å²) in [7, 11) is 0. The van der Waals surface area contributed by atoms with Crippen molar-refractivity contribution in [3.05, 3.63) is 0 Å². The van der Waals surface area contributed by atoms with Gasteiger partial charge in [-0.05, 0) is 0 Å². The molecule has 29 valence electrons. The average Bonchev–Trinajstić information content (AvgIpc) is 1.50. The van der Waals surface area contributed by atoms with Crippen LogP contribution in [0.15, 0.2) is 0 Å². The molecule has 0 bridgehead atoms. The van der Waals surface area contributed by atoms with Gasteiger partial charge in [0.1, 0.15) is 0 Å². The first kappa shape index (κ1) is 8.82. The van der Waals surface area contributed by atoms with Crippen LogP contribution in [-0.4, -0.2) is 4.66 Å². The van der Waals surface area contributed by atoms with Gasteiger partial charge in [-0.25, -0.2) is 0 Å². The summed E-state index contributed by atoms with van der Waals surface area (Å²) in [6, 6.07) is 0. The predicted molar refractivity (Wildman–Crippen MR) is 8.76 cm³/mol. The Labute approximate surface area is 36.7 Å². The second kappa shape index (κ2) is 75.1. The van der Waals surface area contributed by atoms with Gasteiger partial charge in [0.2, 0.25) is 0 Å². The van der Waals surface area contributed by atoms with Gasteiger partial charge in [-0.15, -0.1) is 0 Å². The summed E-state index contributed by atoms with van der Waals surface area (Å²) >= 11 is 5.95. The van der Waals surface area contributed by atoms with Crippen molar-refractivity contribution < 1.29 is 24.2 Å². The first-order chi connectivity index (χ1) is 2.00. The van der Waals surface area contributed by atoms with Gasteiger partial charge in [-0.2, -0.15) is 0 Å². The minimum absolute atomic E-state index is 2.31. The zero-order chi connectivity index (χ0) is 4.00. The van der Waals surface area contributed by atoms with Crippen LogP contribution in [0.3, 0.4) is 0 Å². The third-order valence-corrected chi connectivity index (χ3v) is 0. The summed E-state index contributed by atoms with van der Waals surface area (Å²) in [5, 5.41) is 0. The summed E-state index contributed by atoms with van der Waals surface area (Å²) in [6.07, 6.45) is 0. The van der Waals surface area contributed by atoms with Gasteiger partial charge in [0, 0.05) is 0 Å². The van der Waals surface area contributed by atoms with Crippen LogP contribution in [0, 0.1) is 0 Å². The van der Waals surface area contributed by atoms with E-state index >= 15 is 0 Å². The van der Waals surface area contributed by atoms with Crippen molar-refractivity contribution in [2.75, 3.05) is 0 Å². The SMILES string of the molecule is OCl.[O]=[Co]. The van der Waals surface area contributed by atoms with Gasteiger partial charge in [-0.1, -0.05) is 0 Å². The van der Waals surface area contributed by atoms with E-state index in [0.29, 0.717) is 0 Å². The average molecular weight is 127 g/mol. The minimum atomic E-state index is 2.31. The Bertz CT molecular complexity index is 6.00. The molecule has 0 aliphatic rings. The van der Waals surface area contributed by atoms with E-state index in [-0.39, 0.29) is 0 Å². The van der Waals surface area contributed by atoms with Gasteiger partial charge in [0.05, 0.1) is 11.9 Å². The van der Waals surface area contributed by atoms with Crippen LogP contribution in [0.1, 0.15) is 0 Å². The van der Waals surface area contributed by atoms with E-state index in [0.717, 1.165) is 0 Å². The van der Waals surface area contributed by atoms with E-state index in [1.165, 1.54) is 0 Å². The molecule has 0 spiro atoms. The molecule has 0 aliphatic heterocycles. The van der Waals surface area contributed by atoms with Crippen molar-refractivity contribution in [2.45, 2.75) is 0 Å². The second-order valence-corrected chi connectivity index (χ2v) is 0. The van der Waals surface area contributed by atoms with Gasteiger partial charge >= 0.3 is 19.5 Å². The summed E-state index contributed by atoms with van der Waals surface area (Å²) in [5.74, 6) is 0. The Morgan fingerprint density at radius 2 is 1.50 bits per heavy atom. The van der Waals surface area contributed by atoms with Crippen LogP contribution < -0.4 is 0 Å². The maximum absolute atomic E-state index is 7.94. The molecule has 0 saturated heterocycles. The van der Waals surface area contributed by atoms with Gasteiger partial charge in [0.15, 0.2) is 0 Å². The van der Waals surface area contributed by atoms with Crippen LogP contribution in [-0.2, 0) is 19.5 Å². The van der Waals surface area contributed by atoms with Crippen molar-refractivity contribution in [3.63, 3.8) is 0 Å². The van der Waals surface area contributed by atoms with E-state index in [2.05, 4.69) is 27.5 Å². The molecule has 4 heteroatoms. The molecule has 0 fully saturated rings. The van der Waals surface area contributed by atoms with Crippen molar-refractivity contribution >= 4 is 11.9 Å². The molecule has 0 rings (SSSR count). The quantitative estimate of drug-likeness (QED) is 0.498. The van der Waals surface area contributed by atoms with E-state index < -0.39 is 0 Å². The fourth-order valence-electron chi connectivity index (χ4n) is 0. The fraction of sp³-hybridized carbons (Fsp3) is 0. The predicted octanol–water partition coefficient (Wildman–Crippen LogP) is 0.0112. The normalized spacial score (nSPS) is 2.75. The van der Waals surface area contributed by atoms with Crippen molar-refractivity contribution in [2.24, 2.45) is 0 Å². The molecule has 0 heterocycles. The van der Waals surface area contributed by atoms with E-state index in [1.807, 2.05) is 0 Å². The molecule has 0 aromatic heterocycles. The van der Waals surface area contributed by atoms with E-state index in [9.17, 15) is 0 Å². The third-order valence-electron chi connectivity index (χ3n) is 0. The Kier molecular flexibility index (Phi) is 165. The zero-order valence-electron chi connectivity index (χ0n) is 1.57. The van der Waals surface area contributed by atoms with Crippen LogP contribution in [0.5, 0.6) is 0 Å². The fourth-order valence-corrected chi connectivity index (χ4v) is 0. The third kappa shape index (κ3) is 20.0. The molecule has 0 radical (unpaired) electrons. The second-order valence-electron chi connectivity index (χ2n) is 0. The molecule has 4 heavy (non-hydrogen) atoms. The molecule has 0 atom stereocenters. The molecule has 0 aromatic carbocycles. The number of hydrogen-bond acceptors (Lipinski definition) is 2. The molecule has 0 amide bonds. The Morgan fingerprint density at radius 3 is 1.50 bits per heavy atom. The van der Waals surface area contributed by atoms with Crippen LogP contribution in [0.4, 0.5) is 0 Å². The first-order valence-electron chi connectivity index (χ1n) is 0.305. The maximum atomic E-state index is 7.94. The van der Waals surface area contributed by atoms with E-state index in [1.54, 1.807) is 0 Å². The van der Waals surface area contributed by atoms with E-state index in [4.69, 9.17) is 8.52 Å². The van der Waals surface area contributed by atoms with Gasteiger partial charge in [0.25, 0.3) is 0 Å². The molecular formula is HClCoO2. The Balaban J connectivity index is 0. The van der Waals surface area contributed by atoms with Crippen LogP contribution in [0.25, 0.3) is 0 Å². The van der Waals surface area contributed by atoms with Crippen LogP contribution >= 0.6 is 11.9 Å².